The van der Waals surface area contributed by atoms with Crippen LogP contribution in [0.2, 0.25) is 0 Å². The van der Waals surface area contributed by atoms with Gasteiger partial charge in [0.1, 0.15) is 12.1 Å². The zero-order chi connectivity index (χ0) is 21.9. The number of hydrogen-bond acceptors (Lipinski definition) is 6. The number of benzene rings is 2. The van der Waals surface area contributed by atoms with Crippen LogP contribution in [0.25, 0.3) is 0 Å². The van der Waals surface area contributed by atoms with Gasteiger partial charge in [-0.15, -0.1) is 0 Å². The molecule has 4 rings (SSSR count). The van der Waals surface area contributed by atoms with Crippen LogP contribution in [0.15, 0.2) is 60.7 Å². The molecule has 0 radical (unpaired) electrons. The Hall–Kier alpha value is -2.74. The van der Waals surface area contributed by atoms with E-state index in [2.05, 4.69) is 80.7 Å². The molecule has 162 valence electrons. The van der Waals surface area contributed by atoms with Crippen molar-refractivity contribution >= 4 is 0 Å². The maximum atomic E-state index is 9.03. The second-order valence-electron chi connectivity index (χ2n) is 8.20. The summed E-state index contributed by atoms with van der Waals surface area (Å²) in [7, 11) is 2.02. The molecule has 0 spiro atoms. The standard InChI is InChI=1S/C13H17N3.C12H15N3/c1-15-7-8-16(11-13(15)9-14)10-12-5-3-2-4-6-12;13-8-12-10-15(7-6-14-12)9-11-4-2-1-3-5-11/h2-6,13H,7-8,10-11H2,1H3;1-5,12,14H,6-7,9-10H2. The van der Waals surface area contributed by atoms with Crippen molar-refractivity contribution in [1.82, 2.24) is 20.0 Å². The summed E-state index contributed by atoms with van der Waals surface area (Å²) in [4.78, 5) is 6.80. The van der Waals surface area contributed by atoms with Crippen LogP contribution in [0, 0.1) is 22.7 Å². The fourth-order valence-corrected chi connectivity index (χ4v) is 3.94. The van der Waals surface area contributed by atoms with Crippen LogP contribution in [0.3, 0.4) is 0 Å². The van der Waals surface area contributed by atoms with Crippen molar-refractivity contribution in [3.05, 3.63) is 71.8 Å². The van der Waals surface area contributed by atoms with E-state index in [1.165, 1.54) is 11.1 Å². The molecule has 2 aliphatic rings. The number of piperazine rings is 2. The molecule has 0 bridgehead atoms. The zero-order valence-electron chi connectivity index (χ0n) is 18.3. The molecule has 0 saturated carbocycles. The molecule has 2 saturated heterocycles. The summed E-state index contributed by atoms with van der Waals surface area (Å²) < 4.78 is 0. The van der Waals surface area contributed by atoms with Gasteiger partial charge in [-0.3, -0.25) is 20.0 Å². The van der Waals surface area contributed by atoms with Crippen LogP contribution in [0.5, 0.6) is 0 Å². The first-order valence-electron chi connectivity index (χ1n) is 10.9. The Morgan fingerprint density at radius 2 is 1.39 bits per heavy atom. The van der Waals surface area contributed by atoms with E-state index < -0.39 is 0 Å². The summed E-state index contributed by atoms with van der Waals surface area (Å²) in [6, 6.07) is 25.5. The lowest BCUT2D eigenvalue weighted by Gasteiger charge is -2.35. The Morgan fingerprint density at radius 3 is 1.94 bits per heavy atom. The molecule has 0 amide bonds. The molecule has 6 nitrogen and oxygen atoms in total. The molecule has 2 fully saturated rings. The highest BCUT2D eigenvalue weighted by molar-refractivity contribution is 5.15. The van der Waals surface area contributed by atoms with Gasteiger partial charge in [0.05, 0.1) is 12.1 Å². The molecule has 2 atom stereocenters. The molecule has 0 aromatic heterocycles. The van der Waals surface area contributed by atoms with Gasteiger partial charge in [-0.2, -0.15) is 10.5 Å². The van der Waals surface area contributed by atoms with Crippen molar-refractivity contribution in [2.75, 3.05) is 46.3 Å². The normalized spacial score (nSPS) is 22.5. The van der Waals surface area contributed by atoms with Crippen molar-refractivity contribution in [3.8, 4) is 12.1 Å². The summed E-state index contributed by atoms with van der Waals surface area (Å²) in [6.07, 6.45) is 0. The van der Waals surface area contributed by atoms with Gasteiger partial charge in [0.2, 0.25) is 0 Å². The molecule has 1 N–H and O–H groups in total. The van der Waals surface area contributed by atoms with Gasteiger partial charge < -0.3 is 0 Å². The molecule has 2 aromatic carbocycles. The fourth-order valence-electron chi connectivity index (χ4n) is 3.94. The Balaban J connectivity index is 0.000000176. The van der Waals surface area contributed by atoms with Crippen LogP contribution in [-0.2, 0) is 13.1 Å². The zero-order valence-corrected chi connectivity index (χ0v) is 18.3. The van der Waals surface area contributed by atoms with Gasteiger partial charge in [0, 0.05) is 52.4 Å². The molecule has 2 unspecified atom stereocenters. The number of rotatable bonds is 4. The smallest absolute Gasteiger partial charge is 0.110 e. The number of nitrogens with zero attached hydrogens (tertiary/aromatic N) is 5. The number of likely N-dealkylation sites (N-methyl/N-ethyl adjacent to an activating group) is 1. The van der Waals surface area contributed by atoms with Crippen molar-refractivity contribution in [2.45, 2.75) is 25.2 Å². The highest BCUT2D eigenvalue weighted by Gasteiger charge is 2.23. The quantitative estimate of drug-likeness (QED) is 0.825. The molecule has 2 heterocycles. The lowest BCUT2D eigenvalue weighted by atomic mass is 10.1. The van der Waals surface area contributed by atoms with Gasteiger partial charge in [-0.05, 0) is 18.2 Å². The van der Waals surface area contributed by atoms with Crippen LogP contribution in [0.4, 0.5) is 0 Å². The highest BCUT2D eigenvalue weighted by Crippen LogP contribution is 2.11. The molecular formula is C25H32N6. The molecule has 2 aromatic rings. The minimum atomic E-state index is -0.0116. The Bertz CT molecular complexity index is 857. The predicted octanol–water partition coefficient (Wildman–Crippen LogP) is 2.31. The van der Waals surface area contributed by atoms with Crippen LogP contribution in [0.1, 0.15) is 11.1 Å². The SMILES string of the molecule is CN1CCN(Cc2ccccc2)CC1C#N.N#CC1CN(Cc2ccccc2)CCN1. The third-order valence-electron chi connectivity index (χ3n) is 5.79. The van der Waals surface area contributed by atoms with Crippen molar-refractivity contribution in [3.63, 3.8) is 0 Å². The molecule has 6 heteroatoms. The average molecular weight is 417 g/mol. The first-order valence-corrected chi connectivity index (χ1v) is 10.9. The monoisotopic (exact) mass is 416 g/mol. The van der Waals surface area contributed by atoms with Crippen LogP contribution >= 0.6 is 0 Å². The number of nitriles is 2. The summed E-state index contributed by atoms with van der Waals surface area (Å²) in [6.45, 7) is 7.52. The van der Waals surface area contributed by atoms with Crippen LogP contribution in [-0.4, -0.2) is 73.1 Å². The number of hydrogen-bond donors (Lipinski definition) is 1. The molecular weight excluding hydrogens is 384 g/mol. The summed E-state index contributed by atoms with van der Waals surface area (Å²) in [5.74, 6) is 0. The third kappa shape index (κ3) is 7.47. The van der Waals surface area contributed by atoms with E-state index in [1.54, 1.807) is 0 Å². The predicted molar refractivity (Wildman–Crippen MR) is 123 cm³/mol. The third-order valence-corrected chi connectivity index (χ3v) is 5.79. The van der Waals surface area contributed by atoms with Gasteiger partial charge in [0.15, 0.2) is 0 Å². The van der Waals surface area contributed by atoms with E-state index in [1.807, 2.05) is 19.2 Å². The minimum absolute atomic E-state index is 0.0116. The van der Waals surface area contributed by atoms with E-state index in [-0.39, 0.29) is 12.1 Å². The average Bonchev–Trinajstić information content (AvgIpc) is 2.82. The highest BCUT2D eigenvalue weighted by atomic mass is 15.3. The lowest BCUT2D eigenvalue weighted by molar-refractivity contribution is 0.117. The summed E-state index contributed by atoms with van der Waals surface area (Å²) in [5.41, 5.74) is 2.64. The van der Waals surface area contributed by atoms with E-state index in [4.69, 9.17) is 10.5 Å². The van der Waals surface area contributed by atoms with Gasteiger partial charge in [-0.25, -0.2) is 0 Å². The van der Waals surface area contributed by atoms with Crippen LogP contribution < -0.4 is 5.32 Å². The number of nitrogens with one attached hydrogen (secondary N) is 1. The Kier molecular flexibility index (Phi) is 9.02. The first kappa shape index (κ1) is 22.9. The van der Waals surface area contributed by atoms with Crippen molar-refractivity contribution < 1.29 is 0 Å². The second kappa shape index (κ2) is 12.2. The molecule has 0 aliphatic carbocycles. The van der Waals surface area contributed by atoms with E-state index in [0.717, 1.165) is 52.4 Å². The Morgan fingerprint density at radius 1 is 0.806 bits per heavy atom. The van der Waals surface area contributed by atoms with Crippen molar-refractivity contribution in [2.24, 2.45) is 0 Å². The maximum absolute atomic E-state index is 9.03. The van der Waals surface area contributed by atoms with Gasteiger partial charge >= 0.3 is 0 Å². The van der Waals surface area contributed by atoms with Gasteiger partial charge in [-0.1, -0.05) is 60.7 Å². The van der Waals surface area contributed by atoms with Crippen molar-refractivity contribution in [1.29, 1.82) is 10.5 Å². The fraction of sp³-hybridized carbons (Fsp3) is 0.440. The van der Waals surface area contributed by atoms with E-state index >= 15 is 0 Å². The minimum Gasteiger partial charge on any atom is -0.300 e. The van der Waals surface area contributed by atoms with E-state index in [0.29, 0.717) is 0 Å². The second-order valence-corrected chi connectivity index (χ2v) is 8.20. The van der Waals surface area contributed by atoms with E-state index in [9.17, 15) is 0 Å². The largest absolute Gasteiger partial charge is 0.300 e. The molecule has 2 aliphatic heterocycles. The molecule has 31 heavy (non-hydrogen) atoms. The maximum Gasteiger partial charge on any atom is 0.110 e. The summed E-state index contributed by atoms with van der Waals surface area (Å²) >= 11 is 0. The lowest BCUT2D eigenvalue weighted by Crippen LogP contribution is -2.50. The Labute approximate surface area is 186 Å². The summed E-state index contributed by atoms with van der Waals surface area (Å²) in [5, 5.41) is 21.0. The topological polar surface area (TPSA) is 69.3 Å². The van der Waals surface area contributed by atoms with Gasteiger partial charge in [0.25, 0.3) is 0 Å². The first-order chi connectivity index (χ1) is 15.2.